The Bertz CT molecular complexity index is 1450. The van der Waals surface area contributed by atoms with Gasteiger partial charge in [0.25, 0.3) is 0 Å². The maximum Gasteiger partial charge on any atom is 0.314 e. The van der Waals surface area contributed by atoms with Gasteiger partial charge in [0.2, 0.25) is 5.82 Å². The summed E-state index contributed by atoms with van der Waals surface area (Å²) in [7, 11) is 0. The van der Waals surface area contributed by atoms with Gasteiger partial charge in [-0.05, 0) is 61.3 Å². The lowest BCUT2D eigenvalue weighted by Gasteiger charge is -2.22. The third-order valence-electron chi connectivity index (χ3n) is 7.39. The summed E-state index contributed by atoms with van der Waals surface area (Å²) < 4.78 is 92.9. The number of hydrogen-bond donors (Lipinski definition) is 0. The van der Waals surface area contributed by atoms with Crippen LogP contribution in [0.15, 0.2) is 42.5 Å². The van der Waals surface area contributed by atoms with Crippen LogP contribution >= 0.6 is 0 Å². The van der Waals surface area contributed by atoms with Gasteiger partial charge in [-0.15, -0.1) is 0 Å². The lowest BCUT2D eigenvalue weighted by Crippen LogP contribution is -2.23. The van der Waals surface area contributed by atoms with E-state index in [1.165, 1.54) is 36.4 Å². The van der Waals surface area contributed by atoms with E-state index in [0.29, 0.717) is 12.0 Å². The Balaban J connectivity index is 1.47. The fourth-order valence-corrected chi connectivity index (χ4v) is 4.97. The molecule has 1 aliphatic rings. The van der Waals surface area contributed by atoms with Crippen molar-refractivity contribution < 1.29 is 35.9 Å². The Morgan fingerprint density at radius 2 is 1.35 bits per heavy atom. The van der Waals surface area contributed by atoms with Crippen LogP contribution in [0.3, 0.4) is 0 Å². The minimum Gasteiger partial charge on any atom is -0.423 e. The topological polar surface area (TPSA) is 26.3 Å². The summed E-state index contributed by atoms with van der Waals surface area (Å²) in [6.45, 7) is 3.66. The Labute approximate surface area is 229 Å². The molecule has 0 spiro atoms. The van der Waals surface area contributed by atoms with Crippen LogP contribution in [0.4, 0.5) is 26.3 Å². The van der Waals surface area contributed by atoms with Gasteiger partial charge in [-0.3, -0.25) is 4.79 Å². The second-order valence-corrected chi connectivity index (χ2v) is 9.97. The van der Waals surface area contributed by atoms with Crippen molar-refractivity contribution in [1.82, 2.24) is 0 Å². The fourth-order valence-electron chi connectivity index (χ4n) is 4.97. The molecule has 1 aliphatic carbocycles. The number of hydrogen-bond acceptors (Lipinski definition) is 2. The van der Waals surface area contributed by atoms with Gasteiger partial charge in [0.05, 0.1) is 5.92 Å². The summed E-state index contributed by atoms with van der Waals surface area (Å²) >= 11 is 0. The summed E-state index contributed by atoms with van der Waals surface area (Å²) in [5, 5.41) is 0. The molecule has 40 heavy (non-hydrogen) atoms. The molecule has 3 aromatic rings. The van der Waals surface area contributed by atoms with Crippen molar-refractivity contribution in [1.29, 1.82) is 0 Å². The molecule has 8 heteroatoms. The van der Waals surface area contributed by atoms with E-state index in [1.54, 1.807) is 13.0 Å². The van der Waals surface area contributed by atoms with Crippen molar-refractivity contribution in [3.63, 3.8) is 0 Å². The van der Waals surface area contributed by atoms with Crippen molar-refractivity contribution in [2.24, 2.45) is 5.92 Å². The van der Waals surface area contributed by atoms with E-state index < -0.39 is 58.1 Å². The van der Waals surface area contributed by atoms with Crippen LogP contribution in [-0.2, 0) is 17.6 Å². The average Bonchev–Trinajstić information content (AvgIpc) is 2.96. The highest BCUT2D eigenvalue weighted by Crippen LogP contribution is 2.37. The molecule has 1 atom stereocenters. The summed E-state index contributed by atoms with van der Waals surface area (Å²) in [5.74, 6) is -9.02. The van der Waals surface area contributed by atoms with E-state index in [4.69, 9.17) is 4.74 Å². The molecule has 4 rings (SSSR count). The largest absolute Gasteiger partial charge is 0.423 e. The summed E-state index contributed by atoms with van der Waals surface area (Å²) in [5.41, 5.74) is -0.0345. The first kappa shape index (κ1) is 29.4. The zero-order valence-corrected chi connectivity index (χ0v) is 22.4. The molecule has 0 fully saturated rings. The minimum atomic E-state index is -1.31. The first-order valence-corrected chi connectivity index (χ1v) is 13.5. The molecule has 0 aromatic heterocycles. The quantitative estimate of drug-likeness (QED) is 0.113. The van der Waals surface area contributed by atoms with Gasteiger partial charge >= 0.3 is 5.97 Å². The number of rotatable bonds is 9. The SMILES string of the molecule is CCCCCc1ccc(OC(=O)C2CC=C(c3ccc(-c4ccc(CC)c(F)c4F)c(F)c3F)CC2)c(F)c1F. The first-order valence-electron chi connectivity index (χ1n) is 13.5. The predicted octanol–water partition coefficient (Wildman–Crippen LogP) is 9.27. The molecule has 0 saturated heterocycles. The van der Waals surface area contributed by atoms with Gasteiger partial charge in [-0.25, -0.2) is 22.0 Å². The smallest absolute Gasteiger partial charge is 0.314 e. The number of benzene rings is 3. The van der Waals surface area contributed by atoms with Crippen molar-refractivity contribution in [2.75, 3.05) is 0 Å². The minimum absolute atomic E-state index is 0.0501. The normalized spacial score (nSPS) is 15.2. The van der Waals surface area contributed by atoms with Crippen LogP contribution in [0.5, 0.6) is 5.75 Å². The summed E-state index contributed by atoms with van der Waals surface area (Å²) in [6, 6.07) is 7.70. The van der Waals surface area contributed by atoms with Crippen molar-refractivity contribution >= 4 is 11.5 Å². The molecule has 0 heterocycles. The highest BCUT2D eigenvalue weighted by atomic mass is 19.2. The van der Waals surface area contributed by atoms with E-state index in [-0.39, 0.29) is 47.9 Å². The number of allylic oxidation sites excluding steroid dienone is 2. The number of aryl methyl sites for hydroxylation is 2. The standard InChI is InChI=1S/C32H30F6O2/c1-3-5-6-7-20-13-17-25(31(38)27(20)34)40-32(39)21-10-8-19(9-11-21)22-15-16-24(30(37)28(22)35)23-14-12-18(4-2)26(33)29(23)36/h8,12-17,21H,3-7,9-11H2,1-2H3. The molecule has 3 aromatic carbocycles. The number of ether oxygens (including phenoxy) is 1. The second kappa shape index (κ2) is 12.7. The lowest BCUT2D eigenvalue weighted by molar-refractivity contribution is -0.139. The van der Waals surface area contributed by atoms with Gasteiger partial charge in [0.15, 0.2) is 34.8 Å². The Hall–Kier alpha value is -3.55. The van der Waals surface area contributed by atoms with E-state index in [1.807, 2.05) is 6.92 Å². The monoisotopic (exact) mass is 560 g/mol. The highest BCUT2D eigenvalue weighted by molar-refractivity contribution is 5.78. The van der Waals surface area contributed by atoms with E-state index >= 15 is 4.39 Å². The van der Waals surface area contributed by atoms with Crippen molar-refractivity contribution in [3.05, 3.63) is 94.1 Å². The molecule has 2 nitrogen and oxygen atoms in total. The zero-order valence-electron chi connectivity index (χ0n) is 22.4. The van der Waals surface area contributed by atoms with E-state index in [0.717, 1.165) is 19.3 Å². The first-order chi connectivity index (χ1) is 19.2. The van der Waals surface area contributed by atoms with Gasteiger partial charge in [-0.1, -0.05) is 63.1 Å². The van der Waals surface area contributed by atoms with Gasteiger partial charge in [-0.2, -0.15) is 4.39 Å². The van der Waals surface area contributed by atoms with Crippen LogP contribution in [0.2, 0.25) is 0 Å². The Morgan fingerprint density at radius 1 is 0.750 bits per heavy atom. The zero-order chi connectivity index (χ0) is 29.0. The molecule has 0 radical (unpaired) electrons. The van der Waals surface area contributed by atoms with Gasteiger partial charge < -0.3 is 4.74 Å². The van der Waals surface area contributed by atoms with Crippen LogP contribution in [0.25, 0.3) is 16.7 Å². The molecular formula is C32H30F6O2. The second-order valence-electron chi connectivity index (χ2n) is 9.97. The average molecular weight is 561 g/mol. The Kier molecular flexibility index (Phi) is 9.38. The molecule has 0 saturated carbocycles. The molecule has 0 N–H and O–H groups in total. The van der Waals surface area contributed by atoms with Gasteiger partial charge in [0.1, 0.15) is 0 Å². The highest BCUT2D eigenvalue weighted by Gasteiger charge is 2.28. The van der Waals surface area contributed by atoms with E-state index in [9.17, 15) is 26.7 Å². The number of halogens is 6. The maximum absolute atomic E-state index is 15.1. The Morgan fingerprint density at radius 3 is 2.00 bits per heavy atom. The van der Waals surface area contributed by atoms with Crippen LogP contribution in [0.1, 0.15) is 69.1 Å². The number of esters is 1. The molecule has 0 bridgehead atoms. The third-order valence-corrected chi connectivity index (χ3v) is 7.39. The summed E-state index contributed by atoms with van der Waals surface area (Å²) in [4.78, 5) is 12.7. The van der Waals surface area contributed by atoms with Crippen LogP contribution in [0, 0.1) is 40.8 Å². The number of carbonyl (C=O) groups is 1. The maximum atomic E-state index is 15.1. The third kappa shape index (κ3) is 5.96. The van der Waals surface area contributed by atoms with E-state index in [2.05, 4.69) is 0 Å². The number of carbonyl (C=O) groups excluding carboxylic acids is 1. The van der Waals surface area contributed by atoms with Crippen molar-refractivity contribution in [2.45, 2.75) is 65.2 Å². The molecule has 212 valence electrons. The number of unbranched alkanes of at least 4 members (excludes halogenated alkanes) is 2. The van der Waals surface area contributed by atoms with Crippen LogP contribution < -0.4 is 4.74 Å². The molecule has 1 unspecified atom stereocenters. The van der Waals surface area contributed by atoms with Crippen LogP contribution in [-0.4, -0.2) is 5.97 Å². The molecular weight excluding hydrogens is 530 g/mol. The fraction of sp³-hybridized carbons (Fsp3) is 0.344. The molecule has 0 amide bonds. The lowest BCUT2D eigenvalue weighted by atomic mass is 9.86. The predicted molar refractivity (Wildman–Crippen MR) is 142 cm³/mol. The molecule has 0 aliphatic heterocycles. The van der Waals surface area contributed by atoms with Gasteiger partial charge in [0, 0.05) is 16.7 Å². The van der Waals surface area contributed by atoms with Crippen molar-refractivity contribution in [3.8, 4) is 16.9 Å². The summed E-state index contributed by atoms with van der Waals surface area (Å²) in [6.07, 6.45) is 5.28.